The summed E-state index contributed by atoms with van der Waals surface area (Å²) in [6.45, 7) is 3.85. The summed E-state index contributed by atoms with van der Waals surface area (Å²) in [5.74, 6) is 0.0774. The van der Waals surface area contributed by atoms with Gasteiger partial charge in [0.1, 0.15) is 0 Å². The molecule has 120 valence electrons. The Morgan fingerprint density at radius 3 is 2.64 bits per heavy atom. The monoisotopic (exact) mass is 300 g/mol. The van der Waals surface area contributed by atoms with Gasteiger partial charge in [-0.15, -0.1) is 0 Å². The maximum atomic E-state index is 11.9. The number of carbonyl (C=O) groups excluding carboxylic acids is 1. The van der Waals surface area contributed by atoms with Gasteiger partial charge < -0.3 is 10.6 Å². The number of carbonyl (C=O) groups is 1. The van der Waals surface area contributed by atoms with Crippen LogP contribution < -0.4 is 10.6 Å². The van der Waals surface area contributed by atoms with E-state index in [9.17, 15) is 4.79 Å². The van der Waals surface area contributed by atoms with E-state index in [0.717, 1.165) is 31.6 Å². The lowest BCUT2D eigenvalue weighted by atomic mass is 9.97. The van der Waals surface area contributed by atoms with Gasteiger partial charge in [-0.05, 0) is 62.8 Å². The summed E-state index contributed by atoms with van der Waals surface area (Å²) < 4.78 is 0. The molecule has 3 nitrogen and oxygen atoms in total. The summed E-state index contributed by atoms with van der Waals surface area (Å²) >= 11 is 0. The first-order valence-corrected chi connectivity index (χ1v) is 8.55. The number of allylic oxidation sites excluding steroid dienone is 1. The summed E-state index contributed by atoms with van der Waals surface area (Å²) in [4.78, 5) is 11.9. The molecule has 1 aliphatic rings. The van der Waals surface area contributed by atoms with Gasteiger partial charge in [-0.25, -0.2) is 0 Å². The topological polar surface area (TPSA) is 41.1 Å². The largest absolute Gasteiger partial charge is 0.326 e. The maximum Gasteiger partial charge on any atom is 0.225 e. The van der Waals surface area contributed by atoms with E-state index in [-0.39, 0.29) is 5.91 Å². The lowest BCUT2D eigenvalue weighted by molar-refractivity contribution is -0.116. The smallest absolute Gasteiger partial charge is 0.225 e. The number of nitrogens with one attached hydrogen (secondary N) is 2. The predicted octanol–water partition coefficient (Wildman–Crippen LogP) is 4.06. The van der Waals surface area contributed by atoms with Crippen LogP contribution in [0.1, 0.15) is 51.0 Å². The summed E-state index contributed by atoms with van der Waals surface area (Å²) in [6.07, 6.45) is 10.2. The van der Waals surface area contributed by atoms with E-state index in [4.69, 9.17) is 0 Å². The molecule has 1 aromatic carbocycles. The molecule has 0 spiro atoms. The van der Waals surface area contributed by atoms with Crippen LogP contribution in [0.15, 0.2) is 35.9 Å². The maximum absolute atomic E-state index is 11.9. The van der Waals surface area contributed by atoms with Gasteiger partial charge in [0.25, 0.3) is 0 Å². The first-order chi connectivity index (χ1) is 10.8. The van der Waals surface area contributed by atoms with E-state index in [1.54, 1.807) is 5.57 Å². The fourth-order valence-corrected chi connectivity index (χ4v) is 2.75. The normalized spacial score (nSPS) is 14.5. The molecule has 1 aliphatic carbocycles. The van der Waals surface area contributed by atoms with Crippen LogP contribution in [-0.2, 0) is 11.2 Å². The molecule has 0 fully saturated rings. The Bertz CT molecular complexity index is 491. The number of hydrogen-bond acceptors (Lipinski definition) is 2. The van der Waals surface area contributed by atoms with Crippen LogP contribution in [0.3, 0.4) is 0 Å². The van der Waals surface area contributed by atoms with Crippen LogP contribution in [0.2, 0.25) is 0 Å². The Kier molecular flexibility index (Phi) is 7.17. The molecule has 2 rings (SSSR count). The van der Waals surface area contributed by atoms with Gasteiger partial charge in [0.15, 0.2) is 0 Å². The summed E-state index contributed by atoms with van der Waals surface area (Å²) in [5, 5.41) is 6.31. The van der Waals surface area contributed by atoms with Gasteiger partial charge in [-0.2, -0.15) is 0 Å². The fourth-order valence-electron chi connectivity index (χ4n) is 2.75. The second-order valence-electron chi connectivity index (χ2n) is 5.96. The molecule has 22 heavy (non-hydrogen) atoms. The summed E-state index contributed by atoms with van der Waals surface area (Å²) in [6, 6.07) is 8.07. The van der Waals surface area contributed by atoms with Crippen molar-refractivity contribution in [1.82, 2.24) is 5.32 Å². The third-order valence-electron chi connectivity index (χ3n) is 4.18. The molecule has 0 bridgehead atoms. The number of rotatable bonds is 8. The van der Waals surface area contributed by atoms with E-state index < -0.39 is 0 Å². The molecular formula is C19H28N2O. The van der Waals surface area contributed by atoms with Gasteiger partial charge in [0.05, 0.1) is 0 Å². The van der Waals surface area contributed by atoms with Crippen molar-refractivity contribution < 1.29 is 4.79 Å². The van der Waals surface area contributed by atoms with Gasteiger partial charge in [-0.3, -0.25) is 4.79 Å². The van der Waals surface area contributed by atoms with Crippen LogP contribution in [0.25, 0.3) is 0 Å². The van der Waals surface area contributed by atoms with Crippen molar-refractivity contribution in [2.45, 2.75) is 51.9 Å². The Hall–Kier alpha value is -1.61. The highest BCUT2D eigenvalue weighted by Crippen LogP contribution is 2.19. The van der Waals surface area contributed by atoms with Gasteiger partial charge in [0, 0.05) is 18.7 Å². The first kappa shape index (κ1) is 16.8. The number of benzene rings is 1. The van der Waals surface area contributed by atoms with Crippen molar-refractivity contribution >= 4 is 11.6 Å². The molecule has 0 saturated heterocycles. The Labute approximate surface area is 134 Å². The zero-order valence-electron chi connectivity index (χ0n) is 13.7. The van der Waals surface area contributed by atoms with Crippen molar-refractivity contribution in [2.24, 2.45) is 0 Å². The highest BCUT2D eigenvalue weighted by molar-refractivity contribution is 5.90. The Balaban J connectivity index is 1.58. The lowest BCUT2D eigenvalue weighted by Crippen LogP contribution is -2.23. The molecule has 0 heterocycles. The zero-order chi connectivity index (χ0) is 15.6. The quantitative estimate of drug-likeness (QED) is 0.561. The fraction of sp³-hybridized carbons (Fsp3) is 0.526. The minimum atomic E-state index is 0.0774. The van der Waals surface area contributed by atoms with Crippen LogP contribution >= 0.6 is 0 Å². The van der Waals surface area contributed by atoms with E-state index in [1.807, 2.05) is 12.1 Å². The van der Waals surface area contributed by atoms with E-state index in [0.29, 0.717) is 6.42 Å². The molecule has 2 N–H and O–H groups in total. The van der Waals surface area contributed by atoms with Gasteiger partial charge >= 0.3 is 0 Å². The molecule has 0 atom stereocenters. The summed E-state index contributed by atoms with van der Waals surface area (Å²) in [5.41, 5.74) is 3.76. The van der Waals surface area contributed by atoms with Crippen molar-refractivity contribution in [3.05, 3.63) is 41.5 Å². The first-order valence-electron chi connectivity index (χ1n) is 8.55. The number of hydrogen-bond donors (Lipinski definition) is 2. The molecular weight excluding hydrogens is 272 g/mol. The molecule has 1 aromatic rings. The average Bonchev–Trinajstić information content (AvgIpc) is 2.56. The molecule has 0 aromatic heterocycles. The second-order valence-corrected chi connectivity index (χ2v) is 5.96. The summed E-state index contributed by atoms with van der Waals surface area (Å²) in [7, 11) is 0. The molecule has 0 unspecified atom stereocenters. The molecule has 3 heteroatoms. The minimum absolute atomic E-state index is 0.0774. The van der Waals surface area contributed by atoms with Crippen LogP contribution in [0.5, 0.6) is 0 Å². The average molecular weight is 300 g/mol. The standard InChI is InChI=1S/C19H28N2O/c1-2-16-8-10-18(11-9-16)21-19(22)13-15-20-14-12-17-6-4-3-5-7-17/h6,8-11,20H,2-5,7,12-15H2,1H3,(H,21,22). The lowest BCUT2D eigenvalue weighted by Gasteiger charge is -2.13. The molecule has 1 amide bonds. The van der Waals surface area contributed by atoms with Crippen LogP contribution in [0.4, 0.5) is 5.69 Å². The van der Waals surface area contributed by atoms with Crippen LogP contribution in [-0.4, -0.2) is 19.0 Å². The number of aryl methyl sites for hydroxylation is 1. The van der Waals surface area contributed by atoms with E-state index >= 15 is 0 Å². The van der Waals surface area contributed by atoms with Crippen LogP contribution in [0, 0.1) is 0 Å². The van der Waals surface area contributed by atoms with Gasteiger partial charge in [0.2, 0.25) is 5.91 Å². The second kappa shape index (κ2) is 9.42. The highest BCUT2D eigenvalue weighted by Gasteiger charge is 2.04. The van der Waals surface area contributed by atoms with Crippen molar-refractivity contribution in [2.75, 3.05) is 18.4 Å². The SMILES string of the molecule is CCc1ccc(NC(=O)CCNCCC2=CCCCC2)cc1. The van der Waals surface area contributed by atoms with E-state index in [1.165, 1.54) is 31.2 Å². The third-order valence-corrected chi connectivity index (χ3v) is 4.18. The highest BCUT2D eigenvalue weighted by atomic mass is 16.1. The Morgan fingerprint density at radius 1 is 1.14 bits per heavy atom. The van der Waals surface area contributed by atoms with Crippen molar-refractivity contribution in [3.8, 4) is 0 Å². The number of amides is 1. The van der Waals surface area contributed by atoms with Gasteiger partial charge in [-0.1, -0.05) is 30.7 Å². The van der Waals surface area contributed by atoms with Crippen molar-refractivity contribution in [3.63, 3.8) is 0 Å². The van der Waals surface area contributed by atoms with E-state index in [2.05, 4.69) is 35.8 Å². The predicted molar refractivity (Wildman–Crippen MR) is 93.1 cm³/mol. The molecule has 0 aliphatic heterocycles. The third kappa shape index (κ3) is 6.02. The number of anilines is 1. The minimum Gasteiger partial charge on any atom is -0.326 e. The zero-order valence-corrected chi connectivity index (χ0v) is 13.7. The Morgan fingerprint density at radius 2 is 1.95 bits per heavy atom. The van der Waals surface area contributed by atoms with Crippen molar-refractivity contribution in [1.29, 1.82) is 0 Å². The molecule has 0 saturated carbocycles. The molecule has 0 radical (unpaired) electrons.